The summed E-state index contributed by atoms with van der Waals surface area (Å²) in [5.41, 5.74) is 8.26. The molecule has 3 rings (SSSR count). The summed E-state index contributed by atoms with van der Waals surface area (Å²) in [6, 6.07) is 6.37. The van der Waals surface area contributed by atoms with Crippen LogP contribution in [0.5, 0.6) is 5.75 Å². The Labute approximate surface area is 125 Å². The number of hydrogen-bond donors (Lipinski definition) is 2. The van der Waals surface area contributed by atoms with E-state index in [-0.39, 0.29) is 11.9 Å². The average molecular weight is 289 g/mol. The molecule has 1 fully saturated rings. The molecule has 114 valence electrons. The van der Waals surface area contributed by atoms with Gasteiger partial charge in [0.05, 0.1) is 7.11 Å². The van der Waals surface area contributed by atoms with Gasteiger partial charge in [0.1, 0.15) is 11.8 Å². The van der Waals surface area contributed by atoms with Gasteiger partial charge in [0.15, 0.2) is 0 Å². The van der Waals surface area contributed by atoms with Gasteiger partial charge >= 0.3 is 0 Å². The van der Waals surface area contributed by atoms with Crippen LogP contribution in [0.2, 0.25) is 0 Å². The number of benzene rings is 1. The number of piperazine rings is 1. The van der Waals surface area contributed by atoms with Gasteiger partial charge in [0.25, 0.3) is 0 Å². The third-order valence-electron chi connectivity index (χ3n) is 4.65. The van der Waals surface area contributed by atoms with Crippen molar-refractivity contribution in [3.8, 4) is 5.75 Å². The van der Waals surface area contributed by atoms with E-state index in [1.165, 1.54) is 11.1 Å². The fourth-order valence-electron chi connectivity index (χ4n) is 3.59. The van der Waals surface area contributed by atoms with Crippen LogP contribution in [0.25, 0.3) is 0 Å². The standard InChI is InChI=1S/C16H23N3O2/c1-21-12-5-6-13-11(9-12)3-2-4-14(13)19-8-7-18-10-15(19)16(17)20/h5-6,9,14-15,18H,2-4,7-8,10H2,1H3,(H2,17,20). The fourth-order valence-corrected chi connectivity index (χ4v) is 3.59. The molecule has 0 bridgehead atoms. The summed E-state index contributed by atoms with van der Waals surface area (Å²) in [7, 11) is 1.70. The summed E-state index contributed by atoms with van der Waals surface area (Å²) in [5, 5.41) is 3.26. The van der Waals surface area contributed by atoms with E-state index in [1.54, 1.807) is 7.11 Å². The first-order valence-corrected chi connectivity index (χ1v) is 7.63. The molecule has 2 atom stereocenters. The quantitative estimate of drug-likeness (QED) is 0.865. The van der Waals surface area contributed by atoms with Gasteiger partial charge < -0.3 is 15.8 Å². The molecule has 5 heteroatoms. The summed E-state index contributed by atoms with van der Waals surface area (Å²) in [4.78, 5) is 14.0. The van der Waals surface area contributed by atoms with Crippen molar-refractivity contribution in [2.75, 3.05) is 26.7 Å². The maximum absolute atomic E-state index is 11.7. The summed E-state index contributed by atoms with van der Waals surface area (Å²) < 4.78 is 5.32. The van der Waals surface area contributed by atoms with E-state index in [0.29, 0.717) is 12.6 Å². The van der Waals surface area contributed by atoms with Crippen molar-refractivity contribution < 1.29 is 9.53 Å². The van der Waals surface area contributed by atoms with E-state index in [4.69, 9.17) is 10.5 Å². The van der Waals surface area contributed by atoms with Crippen LogP contribution in [0, 0.1) is 0 Å². The molecule has 1 amide bonds. The largest absolute Gasteiger partial charge is 0.497 e. The predicted molar refractivity (Wildman–Crippen MR) is 81.2 cm³/mol. The van der Waals surface area contributed by atoms with Crippen molar-refractivity contribution >= 4 is 5.91 Å². The molecule has 1 aliphatic heterocycles. The lowest BCUT2D eigenvalue weighted by Gasteiger charge is -2.42. The lowest BCUT2D eigenvalue weighted by atomic mass is 9.85. The molecule has 1 aromatic rings. The third-order valence-corrected chi connectivity index (χ3v) is 4.65. The van der Waals surface area contributed by atoms with E-state index < -0.39 is 0 Å². The summed E-state index contributed by atoms with van der Waals surface area (Å²) >= 11 is 0. The highest BCUT2D eigenvalue weighted by Gasteiger charge is 2.35. The lowest BCUT2D eigenvalue weighted by Crippen LogP contribution is -2.58. The summed E-state index contributed by atoms with van der Waals surface area (Å²) in [6.45, 7) is 2.42. The number of carbonyl (C=O) groups is 1. The minimum Gasteiger partial charge on any atom is -0.497 e. The summed E-state index contributed by atoms with van der Waals surface area (Å²) in [6.07, 6.45) is 3.31. The molecule has 1 aliphatic carbocycles. The van der Waals surface area contributed by atoms with Crippen LogP contribution in [0.15, 0.2) is 18.2 Å². The Morgan fingerprint density at radius 1 is 1.48 bits per heavy atom. The number of methoxy groups -OCH3 is 1. The average Bonchev–Trinajstić information content (AvgIpc) is 2.53. The van der Waals surface area contributed by atoms with Crippen molar-refractivity contribution in [3.05, 3.63) is 29.3 Å². The first-order chi connectivity index (χ1) is 10.2. The van der Waals surface area contributed by atoms with Crippen molar-refractivity contribution in [1.29, 1.82) is 0 Å². The number of amides is 1. The Morgan fingerprint density at radius 2 is 2.33 bits per heavy atom. The smallest absolute Gasteiger partial charge is 0.236 e. The second kappa shape index (κ2) is 6.03. The predicted octanol–water partition coefficient (Wildman–Crippen LogP) is 0.832. The van der Waals surface area contributed by atoms with Crippen LogP contribution in [-0.4, -0.2) is 43.6 Å². The zero-order valence-corrected chi connectivity index (χ0v) is 12.5. The van der Waals surface area contributed by atoms with Crippen molar-refractivity contribution in [2.45, 2.75) is 31.3 Å². The number of nitrogens with two attached hydrogens (primary N) is 1. The van der Waals surface area contributed by atoms with Gasteiger partial charge in [-0.05, 0) is 42.5 Å². The number of nitrogens with zero attached hydrogens (tertiary/aromatic N) is 1. The van der Waals surface area contributed by atoms with Crippen LogP contribution in [0.1, 0.15) is 30.0 Å². The molecular weight excluding hydrogens is 266 g/mol. The second-order valence-corrected chi connectivity index (χ2v) is 5.83. The van der Waals surface area contributed by atoms with Gasteiger partial charge in [-0.1, -0.05) is 6.07 Å². The Kier molecular flexibility index (Phi) is 4.12. The molecule has 1 aromatic carbocycles. The molecule has 1 saturated heterocycles. The Morgan fingerprint density at radius 3 is 3.10 bits per heavy atom. The number of rotatable bonds is 3. The van der Waals surface area contributed by atoms with Gasteiger partial charge in [-0.2, -0.15) is 0 Å². The Balaban J connectivity index is 1.91. The van der Waals surface area contributed by atoms with Crippen molar-refractivity contribution in [2.24, 2.45) is 5.73 Å². The number of hydrogen-bond acceptors (Lipinski definition) is 4. The molecule has 3 N–H and O–H groups in total. The SMILES string of the molecule is COc1ccc2c(c1)CCCC2N1CCNCC1C(N)=O. The monoisotopic (exact) mass is 289 g/mol. The highest BCUT2D eigenvalue weighted by atomic mass is 16.5. The number of carbonyl (C=O) groups excluding carboxylic acids is 1. The van der Waals surface area contributed by atoms with Gasteiger partial charge in [0, 0.05) is 25.7 Å². The fraction of sp³-hybridized carbons (Fsp3) is 0.562. The van der Waals surface area contributed by atoms with Crippen LogP contribution in [-0.2, 0) is 11.2 Å². The second-order valence-electron chi connectivity index (χ2n) is 5.83. The Hall–Kier alpha value is -1.59. The van der Waals surface area contributed by atoms with Crippen molar-refractivity contribution in [1.82, 2.24) is 10.2 Å². The van der Waals surface area contributed by atoms with E-state index in [1.807, 2.05) is 6.07 Å². The van der Waals surface area contributed by atoms with E-state index in [9.17, 15) is 4.79 Å². The molecule has 1 heterocycles. The zero-order valence-electron chi connectivity index (χ0n) is 12.5. The molecule has 2 aliphatic rings. The van der Waals surface area contributed by atoms with Crippen LogP contribution in [0.3, 0.4) is 0 Å². The lowest BCUT2D eigenvalue weighted by molar-refractivity contribution is -0.125. The maximum atomic E-state index is 11.7. The van der Waals surface area contributed by atoms with Gasteiger partial charge in [-0.15, -0.1) is 0 Å². The minimum absolute atomic E-state index is 0.211. The first-order valence-electron chi connectivity index (χ1n) is 7.63. The topological polar surface area (TPSA) is 67.6 Å². The van der Waals surface area contributed by atoms with Gasteiger partial charge in [-0.25, -0.2) is 0 Å². The number of primary amides is 1. The van der Waals surface area contributed by atoms with Crippen LogP contribution in [0.4, 0.5) is 0 Å². The third kappa shape index (κ3) is 2.76. The van der Waals surface area contributed by atoms with E-state index in [0.717, 1.165) is 38.1 Å². The number of fused-ring (bicyclic) bond motifs is 1. The van der Waals surface area contributed by atoms with E-state index in [2.05, 4.69) is 22.3 Å². The van der Waals surface area contributed by atoms with Crippen LogP contribution >= 0.6 is 0 Å². The first kappa shape index (κ1) is 14.4. The Bertz CT molecular complexity index is 532. The molecule has 2 unspecified atom stereocenters. The molecular formula is C16H23N3O2. The highest BCUT2D eigenvalue weighted by molar-refractivity contribution is 5.80. The molecule has 0 radical (unpaired) electrons. The molecule has 0 aromatic heterocycles. The van der Waals surface area contributed by atoms with Gasteiger partial charge in [0.2, 0.25) is 5.91 Å². The highest BCUT2D eigenvalue weighted by Crippen LogP contribution is 2.37. The minimum atomic E-state index is -0.233. The zero-order chi connectivity index (χ0) is 14.8. The van der Waals surface area contributed by atoms with Crippen LogP contribution < -0.4 is 15.8 Å². The molecule has 0 saturated carbocycles. The molecule has 21 heavy (non-hydrogen) atoms. The number of ether oxygens (including phenoxy) is 1. The van der Waals surface area contributed by atoms with Crippen molar-refractivity contribution in [3.63, 3.8) is 0 Å². The maximum Gasteiger partial charge on any atom is 0.236 e. The van der Waals surface area contributed by atoms with E-state index >= 15 is 0 Å². The molecule has 5 nitrogen and oxygen atoms in total. The summed E-state index contributed by atoms with van der Waals surface area (Å²) in [5.74, 6) is 0.670. The normalized spacial score (nSPS) is 26.1. The van der Waals surface area contributed by atoms with Gasteiger partial charge in [-0.3, -0.25) is 9.69 Å². The number of aryl methyl sites for hydroxylation is 1. The molecule has 0 spiro atoms. The number of nitrogens with one attached hydrogen (secondary N) is 1.